The molecular weight excluding hydrogens is 352 g/mol. The van der Waals surface area contributed by atoms with Crippen LogP contribution in [0.5, 0.6) is 5.75 Å². The van der Waals surface area contributed by atoms with Gasteiger partial charge < -0.3 is 14.6 Å². The van der Waals surface area contributed by atoms with Crippen LogP contribution in [0.1, 0.15) is 46.8 Å². The van der Waals surface area contributed by atoms with Gasteiger partial charge in [-0.3, -0.25) is 4.79 Å². The highest BCUT2D eigenvalue weighted by Gasteiger charge is 2.23. The van der Waals surface area contributed by atoms with Gasteiger partial charge in [-0.1, -0.05) is 25.1 Å². The summed E-state index contributed by atoms with van der Waals surface area (Å²) in [5, 5.41) is 11.5. The first-order valence-electron chi connectivity index (χ1n) is 9.64. The normalized spacial score (nSPS) is 15.7. The molecule has 1 amide bonds. The summed E-state index contributed by atoms with van der Waals surface area (Å²) in [6, 6.07) is 15.3. The molecule has 0 saturated carbocycles. The molecule has 2 heterocycles. The van der Waals surface area contributed by atoms with Gasteiger partial charge in [0.25, 0.3) is 5.91 Å². The zero-order valence-electron chi connectivity index (χ0n) is 16.2. The quantitative estimate of drug-likeness (QED) is 0.735. The Hall–Kier alpha value is -3.15. The molecule has 0 radical (unpaired) electrons. The highest BCUT2D eigenvalue weighted by molar-refractivity contribution is 6.04. The average molecular weight is 376 g/mol. The summed E-state index contributed by atoms with van der Waals surface area (Å²) >= 11 is 0. The second-order valence-corrected chi connectivity index (χ2v) is 7.04. The van der Waals surface area contributed by atoms with Crippen molar-refractivity contribution >= 4 is 11.6 Å². The fourth-order valence-electron chi connectivity index (χ4n) is 3.72. The van der Waals surface area contributed by atoms with Crippen LogP contribution in [0.4, 0.5) is 5.69 Å². The maximum atomic E-state index is 12.5. The van der Waals surface area contributed by atoms with E-state index in [-0.39, 0.29) is 5.91 Å². The van der Waals surface area contributed by atoms with Gasteiger partial charge in [-0.05, 0) is 42.3 Å². The lowest BCUT2D eigenvalue weighted by Crippen LogP contribution is -2.20. The number of hydrogen-bond donors (Lipinski definition) is 1. The molecule has 3 aromatic rings. The first-order chi connectivity index (χ1) is 13.7. The molecular formula is C22H24N4O2. The third kappa shape index (κ3) is 3.63. The smallest absolute Gasteiger partial charge is 0.255 e. The molecule has 1 N–H and O–H groups in total. The number of carbonyl (C=O) groups is 1. The molecule has 0 spiro atoms. The van der Waals surface area contributed by atoms with Crippen LogP contribution in [0.25, 0.3) is 0 Å². The van der Waals surface area contributed by atoms with E-state index in [1.807, 2.05) is 24.3 Å². The summed E-state index contributed by atoms with van der Waals surface area (Å²) in [6.07, 6.45) is 2.91. The van der Waals surface area contributed by atoms with Gasteiger partial charge in [-0.25, -0.2) is 0 Å². The molecule has 1 aliphatic heterocycles. The Labute approximate surface area is 164 Å². The summed E-state index contributed by atoms with van der Waals surface area (Å²) < 4.78 is 7.44. The van der Waals surface area contributed by atoms with E-state index < -0.39 is 0 Å². The summed E-state index contributed by atoms with van der Waals surface area (Å²) in [4.78, 5) is 12.5. The molecule has 4 rings (SSSR count). The number of nitrogens with zero attached hydrogens (tertiary/aromatic N) is 3. The van der Waals surface area contributed by atoms with E-state index in [0.717, 1.165) is 43.1 Å². The minimum Gasteiger partial charge on any atom is -0.497 e. The number of carbonyl (C=O) groups excluding carboxylic acids is 1. The molecule has 1 aromatic heterocycles. The third-order valence-electron chi connectivity index (χ3n) is 5.31. The van der Waals surface area contributed by atoms with Gasteiger partial charge in [0.1, 0.15) is 17.4 Å². The van der Waals surface area contributed by atoms with Gasteiger partial charge >= 0.3 is 0 Å². The number of ether oxygens (including phenoxy) is 1. The predicted molar refractivity (Wildman–Crippen MR) is 108 cm³/mol. The van der Waals surface area contributed by atoms with Crippen molar-refractivity contribution in [1.29, 1.82) is 0 Å². The van der Waals surface area contributed by atoms with Crippen molar-refractivity contribution in [3.63, 3.8) is 0 Å². The first kappa shape index (κ1) is 18.2. The Morgan fingerprint density at radius 1 is 1.21 bits per heavy atom. The monoisotopic (exact) mass is 376 g/mol. The topological polar surface area (TPSA) is 69.0 Å². The summed E-state index contributed by atoms with van der Waals surface area (Å²) in [5.41, 5.74) is 2.63. The van der Waals surface area contributed by atoms with Gasteiger partial charge in [0.05, 0.1) is 7.11 Å². The molecule has 1 aliphatic rings. The molecule has 0 fully saturated rings. The maximum absolute atomic E-state index is 12.5. The van der Waals surface area contributed by atoms with Gasteiger partial charge in [-0.15, -0.1) is 10.2 Å². The number of rotatable bonds is 5. The number of aryl methyl sites for hydroxylation is 2. The van der Waals surface area contributed by atoms with Gasteiger partial charge in [0.2, 0.25) is 0 Å². The summed E-state index contributed by atoms with van der Waals surface area (Å²) in [7, 11) is 1.59. The van der Waals surface area contributed by atoms with Crippen molar-refractivity contribution in [2.24, 2.45) is 0 Å². The Bertz CT molecular complexity index is 965. The van der Waals surface area contributed by atoms with Crippen molar-refractivity contribution in [3.05, 3.63) is 71.3 Å². The van der Waals surface area contributed by atoms with E-state index in [1.54, 1.807) is 19.2 Å². The fraction of sp³-hybridized carbons (Fsp3) is 0.318. The molecule has 6 nitrogen and oxygen atoms in total. The Morgan fingerprint density at radius 3 is 2.79 bits per heavy atom. The van der Waals surface area contributed by atoms with Gasteiger partial charge in [0.15, 0.2) is 0 Å². The minimum atomic E-state index is -0.147. The third-order valence-corrected chi connectivity index (χ3v) is 5.31. The number of aromatic nitrogens is 3. The number of benzene rings is 2. The van der Waals surface area contributed by atoms with E-state index in [9.17, 15) is 4.79 Å². The Kier molecular flexibility index (Phi) is 5.10. The molecule has 144 valence electrons. The van der Waals surface area contributed by atoms with Crippen molar-refractivity contribution < 1.29 is 9.53 Å². The van der Waals surface area contributed by atoms with Crippen LogP contribution in [-0.2, 0) is 19.4 Å². The second kappa shape index (κ2) is 7.84. The number of amides is 1. The highest BCUT2D eigenvalue weighted by atomic mass is 16.5. The molecule has 6 heteroatoms. The summed E-state index contributed by atoms with van der Waals surface area (Å²) in [5.74, 6) is 3.11. The summed E-state index contributed by atoms with van der Waals surface area (Å²) in [6.45, 7) is 3.03. The number of hydrogen-bond acceptors (Lipinski definition) is 4. The van der Waals surface area contributed by atoms with E-state index in [1.165, 1.54) is 5.56 Å². The maximum Gasteiger partial charge on any atom is 0.255 e. The van der Waals surface area contributed by atoms with E-state index in [4.69, 9.17) is 4.74 Å². The number of nitrogens with one attached hydrogen (secondary N) is 1. The SMILES string of the molecule is CCc1nnc2n1C[C@H](c1ccc(NC(=O)c3cccc(OC)c3)cc1)CC2. The Morgan fingerprint density at radius 2 is 2.04 bits per heavy atom. The second-order valence-electron chi connectivity index (χ2n) is 7.04. The lowest BCUT2D eigenvalue weighted by Gasteiger charge is -2.24. The molecule has 0 aliphatic carbocycles. The van der Waals surface area contributed by atoms with Crippen LogP contribution < -0.4 is 10.1 Å². The van der Waals surface area contributed by atoms with Crippen molar-refractivity contribution in [1.82, 2.24) is 14.8 Å². The largest absolute Gasteiger partial charge is 0.497 e. The van der Waals surface area contributed by atoms with Crippen LogP contribution in [0.3, 0.4) is 0 Å². The van der Waals surface area contributed by atoms with Crippen LogP contribution in [0.15, 0.2) is 48.5 Å². The predicted octanol–water partition coefficient (Wildman–Crippen LogP) is 3.83. The van der Waals surface area contributed by atoms with Crippen molar-refractivity contribution in [3.8, 4) is 5.75 Å². The highest BCUT2D eigenvalue weighted by Crippen LogP contribution is 2.30. The number of anilines is 1. The van der Waals surface area contributed by atoms with Gasteiger partial charge in [-0.2, -0.15) is 0 Å². The molecule has 28 heavy (non-hydrogen) atoms. The zero-order chi connectivity index (χ0) is 19.5. The van der Waals surface area contributed by atoms with E-state index in [0.29, 0.717) is 17.2 Å². The molecule has 2 aromatic carbocycles. The molecule has 0 saturated heterocycles. The van der Waals surface area contributed by atoms with Gasteiger partial charge in [0, 0.05) is 36.6 Å². The first-order valence-corrected chi connectivity index (χ1v) is 9.64. The number of fused-ring (bicyclic) bond motifs is 1. The molecule has 0 unspecified atom stereocenters. The van der Waals surface area contributed by atoms with Crippen molar-refractivity contribution in [2.75, 3.05) is 12.4 Å². The van der Waals surface area contributed by atoms with Crippen LogP contribution in [-0.4, -0.2) is 27.8 Å². The lowest BCUT2D eigenvalue weighted by atomic mass is 9.91. The average Bonchev–Trinajstić information content (AvgIpc) is 3.16. The lowest BCUT2D eigenvalue weighted by molar-refractivity contribution is 0.102. The zero-order valence-corrected chi connectivity index (χ0v) is 16.2. The van der Waals surface area contributed by atoms with E-state index >= 15 is 0 Å². The Balaban J connectivity index is 1.45. The van der Waals surface area contributed by atoms with E-state index in [2.05, 4.69) is 39.1 Å². The standard InChI is InChI=1S/C22H24N4O2/c1-3-20-24-25-21-12-9-17(14-26(20)21)15-7-10-18(11-8-15)23-22(27)16-5-4-6-19(13-16)28-2/h4-8,10-11,13,17H,3,9,12,14H2,1-2H3,(H,23,27)/t17-/m1/s1. The minimum absolute atomic E-state index is 0.147. The number of methoxy groups -OCH3 is 1. The van der Waals surface area contributed by atoms with Crippen LogP contribution >= 0.6 is 0 Å². The molecule has 0 bridgehead atoms. The van der Waals surface area contributed by atoms with Crippen LogP contribution in [0.2, 0.25) is 0 Å². The fourth-order valence-corrected chi connectivity index (χ4v) is 3.72. The van der Waals surface area contributed by atoms with Crippen molar-refractivity contribution in [2.45, 2.75) is 38.6 Å². The molecule has 1 atom stereocenters. The van der Waals surface area contributed by atoms with Crippen LogP contribution in [0, 0.1) is 0 Å².